The minimum Gasteiger partial charge on any atom is -0.496 e. The monoisotopic (exact) mass is 263 g/mol. The van der Waals surface area contributed by atoms with Crippen LogP contribution in [0.25, 0.3) is 0 Å². The van der Waals surface area contributed by atoms with Crippen LogP contribution in [0.2, 0.25) is 0 Å². The van der Waals surface area contributed by atoms with E-state index in [1.165, 1.54) is 19.2 Å². The van der Waals surface area contributed by atoms with Crippen molar-refractivity contribution in [2.75, 3.05) is 12.4 Å². The van der Waals surface area contributed by atoms with Crippen LogP contribution in [0.5, 0.6) is 5.75 Å². The van der Waals surface area contributed by atoms with Crippen LogP contribution in [0.15, 0.2) is 18.2 Å². The lowest BCUT2D eigenvalue weighted by Gasteiger charge is -2.10. The molecule has 2 N–H and O–H groups in total. The summed E-state index contributed by atoms with van der Waals surface area (Å²) in [6.07, 6.45) is 0.878. The summed E-state index contributed by atoms with van der Waals surface area (Å²) in [6.45, 7) is 4.09. The van der Waals surface area contributed by atoms with Gasteiger partial charge in [-0.3, -0.25) is 4.79 Å². The number of nitrogens with one attached hydrogen (secondary N) is 1. The molecule has 1 aromatic carbocycles. The molecule has 5 heteroatoms. The van der Waals surface area contributed by atoms with Crippen molar-refractivity contribution >= 4 is 17.6 Å². The first-order valence-corrected chi connectivity index (χ1v) is 6.07. The first kappa shape index (κ1) is 13.4. The highest BCUT2D eigenvalue weighted by Gasteiger charge is 2.50. The molecule has 0 radical (unpaired) electrons. The smallest absolute Gasteiger partial charge is 0.339 e. The van der Waals surface area contributed by atoms with Crippen molar-refractivity contribution in [2.45, 2.75) is 20.3 Å². The zero-order valence-electron chi connectivity index (χ0n) is 11.2. The molecule has 0 aliphatic heterocycles. The van der Waals surface area contributed by atoms with Crippen molar-refractivity contribution in [3.8, 4) is 5.75 Å². The van der Waals surface area contributed by atoms with Gasteiger partial charge in [0.1, 0.15) is 11.3 Å². The Kier molecular flexibility index (Phi) is 3.22. The summed E-state index contributed by atoms with van der Waals surface area (Å²) < 4.78 is 5.01. The Morgan fingerprint density at radius 3 is 2.53 bits per heavy atom. The molecule has 1 aliphatic carbocycles. The lowest BCUT2D eigenvalue weighted by atomic mass is 10.1. The second-order valence-electron chi connectivity index (χ2n) is 5.45. The zero-order valence-corrected chi connectivity index (χ0v) is 11.2. The van der Waals surface area contributed by atoms with Gasteiger partial charge in [0, 0.05) is 17.7 Å². The first-order valence-electron chi connectivity index (χ1n) is 6.07. The fraction of sp³-hybridized carbons (Fsp3) is 0.429. The lowest BCUT2D eigenvalue weighted by molar-refractivity contribution is -0.118. The Labute approximate surface area is 111 Å². The highest BCUT2D eigenvalue weighted by molar-refractivity contribution is 5.96. The van der Waals surface area contributed by atoms with Gasteiger partial charge in [-0.1, -0.05) is 13.8 Å². The maximum Gasteiger partial charge on any atom is 0.339 e. The van der Waals surface area contributed by atoms with Crippen molar-refractivity contribution in [3.63, 3.8) is 0 Å². The maximum absolute atomic E-state index is 11.9. The molecular formula is C14H17NO4. The summed E-state index contributed by atoms with van der Waals surface area (Å²) in [7, 11) is 1.40. The van der Waals surface area contributed by atoms with E-state index < -0.39 is 5.97 Å². The Morgan fingerprint density at radius 2 is 2.05 bits per heavy atom. The predicted octanol–water partition coefficient (Wildman–Crippen LogP) is 2.38. The number of hydrogen-bond acceptors (Lipinski definition) is 3. The highest BCUT2D eigenvalue weighted by atomic mass is 16.5. The number of anilines is 1. The van der Waals surface area contributed by atoms with E-state index in [1.807, 2.05) is 13.8 Å². The summed E-state index contributed by atoms with van der Waals surface area (Å²) in [5, 5.41) is 11.8. The summed E-state index contributed by atoms with van der Waals surface area (Å²) in [5.74, 6) is -0.828. The van der Waals surface area contributed by atoms with E-state index in [-0.39, 0.29) is 28.6 Å². The third kappa shape index (κ3) is 2.70. The number of rotatable bonds is 4. The van der Waals surface area contributed by atoms with Crippen LogP contribution in [-0.4, -0.2) is 24.1 Å². The number of carbonyl (C=O) groups is 2. The lowest BCUT2D eigenvalue weighted by Crippen LogP contribution is -2.16. The van der Waals surface area contributed by atoms with Gasteiger partial charge in [-0.15, -0.1) is 0 Å². The molecule has 0 aromatic heterocycles. The van der Waals surface area contributed by atoms with Gasteiger partial charge in [0.25, 0.3) is 0 Å². The average molecular weight is 263 g/mol. The van der Waals surface area contributed by atoms with Gasteiger partial charge in [-0.25, -0.2) is 4.79 Å². The van der Waals surface area contributed by atoms with Crippen molar-refractivity contribution in [2.24, 2.45) is 11.3 Å². The van der Waals surface area contributed by atoms with Crippen molar-refractivity contribution in [1.82, 2.24) is 0 Å². The van der Waals surface area contributed by atoms with Crippen LogP contribution >= 0.6 is 0 Å². The molecule has 1 amide bonds. The van der Waals surface area contributed by atoms with Gasteiger partial charge in [0.15, 0.2) is 0 Å². The highest BCUT2D eigenvalue weighted by Crippen LogP contribution is 2.52. The maximum atomic E-state index is 11.9. The SMILES string of the molecule is COc1cc(NC(=O)C2CC2(C)C)ccc1C(=O)O. The predicted molar refractivity (Wildman–Crippen MR) is 70.5 cm³/mol. The molecule has 19 heavy (non-hydrogen) atoms. The number of hydrogen-bond donors (Lipinski definition) is 2. The molecule has 0 heterocycles. The van der Waals surface area contributed by atoms with E-state index in [0.717, 1.165) is 6.42 Å². The Balaban J connectivity index is 2.14. The fourth-order valence-corrected chi connectivity index (χ4v) is 2.09. The number of benzene rings is 1. The fourth-order valence-electron chi connectivity index (χ4n) is 2.09. The second-order valence-corrected chi connectivity index (χ2v) is 5.45. The second kappa shape index (κ2) is 4.57. The third-order valence-electron chi connectivity index (χ3n) is 3.53. The number of amides is 1. The average Bonchev–Trinajstić information content (AvgIpc) is 2.98. The van der Waals surface area contributed by atoms with Gasteiger partial charge in [-0.05, 0) is 24.0 Å². The van der Waals surface area contributed by atoms with Gasteiger partial charge in [0.05, 0.1) is 7.11 Å². The Morgan fingerprint density at radius 1 is 1.42 bits per heavy atom. The standard InChI is InChI=1S/C14H17NO4/c1-14(2)7-10(14)12(16)15-8-4-5-9(13(17)18)11(6-8)19-3/h4-6,10H,7H2,1-3H3,(H,15,16)(H,17,18). The minimum absolute atomic E-state index is 0.0256. The molecule has 5 nitrogen and oxygen atoms in total. The normalized spacial score (nSPS) is 19.6. The summed E-state index contributed by atoms with van der Waals surface area (Å²) in [5.41, 5.74) is 0.691. The van der Waals surface area contributed by atoms with E-state index in [9.17, 15) is 9.59 Å². The Bertz CT molecular complexity index is 536. The Hall–Kier alpha value is -2.04. The summed E-state index contributed by atoms with van der Waals surface area (Å²) in [4.78, 5) is 22.9. The van der Waals surface area contributed by atoms with Gasteiger partial charge in [0.2, 0.25) is 5.91 Å². The molecule has 1 fully saturated rings. The first-order chi connectivity index (χ1) is 8.85. The quantitative estimate of drug-likeness (QED) is 0.874. The molecule has 1 unspecified atom stereocenters. The van der Waals surface area contributed by atoms with E-state index in [2.05, 4.69) is 5.32 Å². The van der Waals surface area contributed by atoms with Gasteiger partial charge < -0.3 is 15.2 Å². The molecular weight excluding hydrogens is 246 g/mol. The van der Waals surface area contributed by atoms with E-state index >= 15 is 0 Å². The number of carboxylic acid groups (broad SMARTS) is 1. The molecule has 1 aromatic rings. The van der Waals surface area contributed by atoms with Gasteiger partial charge in [-0.2, -0.15) is 0 Å². The van der Waals surface area contributed by atoms with E-state index in [4.69, 9.17) is 9.84 Å². The van der Waals surface area contributed by atoms with Crippen molar-refractivity contribution in [3.05, 3.63) is 23.8 Å². The van der Waals surface area contributed by atoms with E-state index in [1.54, 1.807) is 6.07 Å². The van der Waals surface area contributed by atoms with Crippen molar-refractivity contribution < 1.29 is 19.4 Å². The third-order valence-corrected chi connectivity index (χ3v) is 3.53. The van der Waals surface area contributed by atoms with Crippen LogP contribution in [0.4, 0.5) is 5.69 Å². The molecule has 0 saturated heterocycles. The molecule has 102 valence electrons. The molecule has 0 spiro atoms. The van der Waals surface area contributed by atoms with Crippen molar-refractivity contribution in [1.29, 1.82) is 0 Å². The molecule has 1 saturated carbocycles. The molecule has 0 bridgehead atoms. The van der Waals surface area contributed by atoms with Crippen LogP contribution in [-0.2, 0) is 4.79 Å². The number of carboxylic acids is 1. The molecule has 1 atom stereocenters. The number of ether oxygens (including phenoxy) is 1. The largest absolute Gasteiger partial charge is 0.496 e. The van der Waals surface area contributed by atoms with Gasteiger partial charge >= 0.3 is 5.97 Å². The van der Waals surface area contributed by atoms with Crippen LogP contribution in [0.3, 0.4) is 0 Å². The minimum atomic E-state index is -1.06. The number of aromatic carboxylic acids is 1. The topological polar surface area (TPSA) is 75.6 Å². The summed E-state index contributed by atoms with van der Waals surface area (Å²) in [6, 6.07) is 4.52. The van der Waals surface area contributed by atoms with Crippen LogP contribution < -0.4 is 10.1 Å². The van der Waals surface area contributed by atoms with E-state index in [0.29, 0.717) is 5.69 Å². The molecule has 1 aliphatic rings. The van der Waals surface area contributed by atoms with Crippen LogP contribution in [0.1, 0.15) is 30.6 Å². The van der Waals surface area contributed by atoms with Crippen LogP contribution in [0, 0.1) is 11.3 Å². The number of carbonyl (C=O) groups excluding carboxylic acids is 1. The molecule has 2 rings (SSSR count). The zero-order chi connectivity index (χ0) is 14.2. The summed E-state index contributed by atoms with van der Waals surface area (Å²) >= 11 is 0. The number of methoxy groups -OCH3 is 1.